The Morgan fingerprint density at radius 1 is 1.41 bits per heavy atom. The quantitative estimate of drug-likeness (QED) is 0.875. The Morgan fingerprint density at radius 3 is 2.88 bits per heavy atom. The average molecular weight is 312 g/mol. The minimum atomic E-state index is 0.663. The van der Waals surface area contributed by atoms with Crippen molar-refractivity contribution >= 4 is 33.5 Å². The molecule has 90 valence electrons. The zero-order chi connectivity index (χ0) is 12.3. The number of anilines is 1. The predicted octanol–water partition coefficient (Wildman–Crippen LogP) is 3.72. The van der Waals surface area contributed by atoms with Crippen molar-refractivity contribution in [3.63, 3.8) is 0 Å². The van der Waals surface area contributed by atoms with E-state index in [2.05, 4.69) is 28.0 Å². The number of rotatable bonds is 4. The maximum atomic E-state index is 5.98. The van der Waals surface area contributed by atoms with Gasteiger partial charge in [0.25, 0.3) is 0 Å². The summed E-state index contributed by atoms with van der Waals surface area (Å²) >= 11 is 5.23. The number of nitrogen functional groups attached to an aromatic ring is 1. The lowest BCUT2D eigenvalue weighted by atomic mass is 10.3. The molecule has 0 aliphatic carbocycles. The fourth-order valence-corrected chi connectivity index (χ4v) is 2.68. The summed E-state index contributed by atoms with van der Waals surface area (Å²) in [7, 11) is 0. The van der Waals surface area contributed by atoms with Crippen molar-refractivity contribution in [2.45, 2.75) is 18.4 Å². The highest BCUT2D eigenvalue weighted by atomic mass is 79.9. The Kier molecular flexibility index (Phi) is 4.12. The summed E-state index contributed by atoms with van der Waals surface area (Å²) in [5, 5.41) is 5.48. The minimum Gasteiger partial charge on any atom is -0.384 e. The van der Waals surface area contributed by atoms with Gasteiger partial charge in [-0.3, -0.25) is 0 Å². The monoisotopic (exact) mass is 311 g/mol. The molecule has 2 rings (SSSR count). The number of para-hydroxylation sites is 1. The third kappa shape index (κ3) is 2.84. The number of halogens is 1. The smallest absolute Gasteiger partial charge is 0.128 e. The van der Waals surface area contributed by atoms with Crippen molar-refractivity contribution in [2.24, 2.45) is 0 Å². The molecule has 0 saturated carbocycles. The zero-order valence-corrected chi connectivity index (χ0v) is 12.0. The fourth-order valence-electron chi connectivity index (χ4n) is 1.47. The average Bonchev–Trinajstić information content (AvgIpc) is 2.68. The van der Waals surface area contributed by atoms with Gasteiger partial charge in [0.2, 0.25) is 0 Å². The van der Waals surface area contributed by atoms with E-state index in [9.17, 15) is 0 Å². The van der Waals surface area contributed by atoms with Crippen LogP contribution in [-0.4, -0.2) is 15.5 Å². The fraction of sp³-hybridized carbons (Fsp3) is 0.250. The Bertz CT molecular complexity index is 510. The van der Waals surface area contributed by atoms with Gasteiger partial charge in [0.15, 0.2) is 0 Å². The molecule has 0 aliphatic heterocycles. The first-order chi connectivity index (χ1) is 8.22. The van der Waals surface area contributed by atoms with E-state index >= 15 is 0 Å². The third-order valence-corrected chi connectivity index (χ3v) is 4.03. The summed E-state index contributed by atoms with van der Waals surface area (Å²) in [6.45, 7) is 2.15. The zero-order valence-electron chi connectivity index (χ0n) is 9.56. The number of aromatic nitrogens is 2. The number of thioether (sulfide) groups is 1. The molecule has 0 fully saturated rings. The topological polar surface area (TPSA) is 43.8 Å². The molecule has 1 heterocycles. The van der Waals surface area contributed by atoms with E-state index in [1.54, 1.807) is 16.4 Å². The van der Waals surface area contributed by atoms with Crippen LogP contribution in [0.25, 0.3) is 5.69 Å². The SMILES string of the molecule is CCCSc1cc(N)n(-c2ccccc2Br)n1. The Labute approximate surface area is 114 Å². The number of benzene rings is 1. The standard InChI is InChI=1S/C12H14BrN3S/c1-2-7-17-12-8-11(14)16(15-12)10-6-4-3-5-9(10)13/h3-6,8H,2,7,14H2,1H3. The van der Waals surface area contributed by atoms with Gasteiger partial charge in [-0.25, -0.2) is 4.68 Å². The van der Waals surface area contributed by atoms with Crippen molar-refractivity contribution in [1.82, 2.24) is 9.78 Å². The van der Waals surface area contributed by atoms with E-state index in [4.69, 9.17) is 5.73 Å². The van der Waals surface area contributed by atoms with Crippen LogP contribution >= 0.6 is 27.7 Å². The Balaban J connectivity index is 2.33. The summed E-state index contributed by atoms with van der Waals surface area (Å²) in [5.74, 6) is 1.72. The molecule has 0 bridgehead atoms. The van der Waals surface area contributed by atoms with Crippen molar-refractivity contribution in [2.75, 3.05) is 11.5 Å². The lowest BCUT2D eigenvalue weighted by Crippen LogP contribution is -2.02. The Hall–Kier alpha value is -0.940. The minimum absolute atomic E-state index is 0.663. The molecule has 0 spiro atoms. The van der Waals surface area contributed by atoms with Crippen LogP contribution in [0, 0.1) is 0 Å². The molecular formula is C12H14BrN3S. The molecule has 0 unspecified atom stereocenters. The molecule has 5 heteroatoms. The summed E-state index contributed by atoms with van der Waals surface area (Å²) in [6.07, 6.45) is 1.13. The van der Waals surface area contributed by atoms with Crippen LogP contribution < -0.4 is 5.73 Å². The largest absolute Gasteiger partial charge is 0.384 e. The van der Waals surface area contributed by atoms with Crippen LogP contribution in [0.4, 0.5) is 5.82 Å². The molecule has 2 aromatic rings. The molecule has 3 nitrogen and oxygen atoms in total. The highest BCUT2D eigenvalue weighted by molar-refractivity contribution is 9.10. The van der Waals surface area contributed by atoms with Crippen LogP contribution in [0.15, 0.2) is 39.8 Å². The van der Waals surface area contributed by atoms with Crippen LogP contribution in [0.2, 0.25) is 0 Å². The summed E-state index contributed by atoms with van der Waals surface area (Å²) < 4.78 is 2.75. The first-order valence-corrected chi connectivity index (χ1v) is 7.23. The van der Waals surface area contributed by atoms with Crippen molar-refractivity contribution < 1.29 is 0 Å². The van der Waals surface area contributed by atoms with Crippen LogP contribution in [-0.2, 0) is 0 Å². The van der Waals surface area contributed by atoms with E-state index < -0.39 is 0 Å². The van der Waals surface area contributed by atoms with Gasteiger partial charge < -0.3 is 5.73 Å². The molecule has 0 radical (unpaired) electrons. The second kappa shape index (κ2) is 5.60. The molecule has 17 heavy (non-hydrogen) atoms. The Morgan fingerprint density at radius 2 is 2.18 bits per heavy atom. The number of nitrogens with two attached hydrogens (primary N) is 1. The van der Waals surface area contributed by atoms with E-state index in [1.165, 1.54) is 0 Å². The van der Waals surface area contributed by atoms with Gasteiger partial charge in [0, 0.05) is 10.5 Å². The van der Waals surface area contributed by atoms with Crippen LogP contribution in [0.1, 0.15) is 13.3 Å². The summed E-state index contributed by atoms with van der Waals surface area (Å²) in [5.41, 5.74) is 6.95. The first-order valence-electron chi connectivity index (χ1n) is 5.45. The number of hydrogen-bond acceptors (Lipinski definition) is 3. The second-order valence-electron chi connectivity index (χ2n) is 3.62. The van der Waals surface area contributed by atoms with Gasteiger partial charge in [0.1, 0.15) is 10.8 Å². The van der Waals surface area contributed by atoms with E-state index in [0.717, 1.165) is 27.4 Å². The maximum Gasteiger partial charge on any atom is 0.128 e. The third-order valence-electron chi connectivity index (χ3n) is 2.25. The second-order valence-corrected chi connectivity index (χ2v) is 5.59. The molecule has 0 aliphatic rings. The molecular weight excluding hydrogens is 298 g/mol. The lowest BCUT2D eigenvalue weighted by molar-refractivity contribution is 0.841. The maximum absolute atomic E-state index is 5.98. The van der Waals surface area contributed by atoms with Crippen LogP contribution in [0.3, 0.4) is 0 Å². The van der Waals surface area contributed by atoms with Gasteiger partial charge in [-0.1, -0.05) is 19.1 Å². The number of nitrogens with zero attached hydrogens (tertiary/aromatic N) is 2. The van der Waals surface area contributed by atoms with Gasteiger partial charge in [-0.2, -0.15) is 5.10 Å². The van der Waals surface area contributed by atoms with Crippen LogP contribution in [0.5, 0.6) is 0 Å². The highest BCUT2D eigenvalue weighted by Gasteiger charge is 2.09. The van der Waals surface area contributed by atoms with Crippen molar-refractivity contribution in [3.05, 3.63) is 34.8 Å². The molecule has 1 aromatic carbocycles. The normalized spacial score (nSPS) is 10.7. The van der Waals surface area contributed by atoms with Gasteiger partial charge in [0.05, 0.1) is 5.69 Å². The van der Waals surface area contributed by atoms with Gasteiger partial charge in [-0.05, 0) is 40.2 Å². The highest BCUT2D eigenvalue weighted by Crippen LogP contribution is 2.26. The molecule has 0 saturated heterocycles. The molecule has 1 aromatic heterocycles. The first kappa shape index (κ1) is 12.5. The summed E-state index contributed by atoms with van der Waals surface area (Å²) in [6, 6.07) is 9.83. The van der Waals surface area contributed by atoms with E-state index in [-0.39, 0.29) is 0 Å². The summed E-state index contributed by atoms with van der Waals surface area (Å²) in [4.78, 5) is 0. The lowest BCUT2D eigenvalue weighted by Gasteiger charge is -2.05. The van der Waals surface area contributed by atoms with Crippen molar-refractivity contribution in [3.8, 4) is 5.69 Å². The van der Waals surface area contributed by atoms with E-state index in [0.29, 0.717) is 5.82 Å². The van der Waals surface area contributed by atoms with Gasteiger partial charge in [-0.15, -0.1) is 11.8 Å². The van der Waals surface area contributed by atoms with Gasteiger partial charge >= 0.3 is 0 Å². The molecule has 0 atom stereocenters. The molecule has 0 amide bonds. The number of hydrogen-bond donors (Lipinski definition) is 1. The van der Waals surface area contributed by atoms with E-state index in [1.807, 2.05) is 30.3 Å². The molecule has 2 N–H and O–H groups in total. The predicted molar refractivity (Wildman–Crippen MR) is 76.7 cm³/mol. The van der Waals surface area contributed by atoms with Crippen molar-refractivity contribution in [1.29, 1.82) is 0 Å².